The van der Waals surface area contributed by atoms with Crippen molar-refractivity contribution in [2.45, 2.75) is 9.79 Å². The molecule has 7 nitrogen and oxygen atoms in total. The predicted octanol–water partition coefficient (Wildman–Crippen LogP) is 1.21. The number of hydrazone groups is 1. The molecule has 2 N–H and O–H groups in total. The summed E-state index contributed by atoms with van der Waals surface area (Å²) in [6.45, 7) is 2.17. The van der Waals surface area contributed by atoms with Gasteiger partial charge in [-0.2, -0.15) is 9.41 Å². The molecular weight excluding hydrogens is 488 g/mol. The zero-order chi connectivity index (χ0) is 21.6. The van der Waals surface area contributed by atoms with Crippen molar-refractivity contribution in [2.75, 3.05) is 39.0 Å². The number of piperazine rings is 1. The Morgan fingerprint density at radius 1 is 1.17 bits per heavy atom. The third kappa shape index (κ3) is 6.14. The molecule has 2 aromatic carbocycles. The van der Waals surface area contributed by atoms with Crippen LogP contribution in [0.1, 0.15) is 5.56 Å². The zero-order valence-corrected chi connectivity index (χ0v) is 19.8. The van der Waals surface area contributed by atoms with Crippen LogP contribution in [0.4, 0.5) is 0 Å². The highest BCUT2D eigenvalue weighted by Crippen LogP contribution is 2.18. The first-order chi connectivity index (χ1) is 14.4. The number of nitrogens with one attached hydrogen (secondary N) is 2. The number of amides is 1. The van der Waals surface area contributed by atoms with Crippen LogP contribution in [0.15, 0.2) is 67.9 Å². The van der Waals surface area contributed by atoms with Crippen molar-refractivity contribution in [3.8, 4) is 0 Å². The van der Waals surface area contributed by atoms with Crippen LogP contribution in [-0.4, -0.2) is 63.8 Å². The highest BCUT2D eigenvalue weighted by molar-refractivity contribution is 9.10. The molecule has 0 spiro atoms. The van der Waals surface area contributed by atoms with Gasteiger partial charge in [-0.15, -0.1) is 11.8 Å². The maximum Gasteiger partial charge on any atom is 0.295 e. The molecule has 0 aromatic heterocycles. The van der Waals surface area contributed by atoms with E-state index in [-0.39, 0.29) is 17.3 Å². The maximum absolute atomic E-state index is 12.7. The molecule has 1 aliphatic heterocycles. The van der Waals surface area contributed by atoms with Gasteiger partial charge < -0.3 is 4.90 Å². The Hall–Kier alpha value is -1.72. The number of thioether (sulfide) groups is 1. The lowest BCUT2D eigenvalue weighted by molar-refractivity contribution is -0.895. The predicted molar refractivity (Wildman–Crippen MR) is 122 cm³/mol. The number of nitrogens with zero attached hydrogens (tertiary/aromatic N) is 2. The number of hydrogen-bond acceptors (Lipinski definition) is 5. The van der Waals surface area contributed by atoms with Crippen molar-refractivity contribution in [1.82, 2.24) is 9.73 Å². The monoisotopic (exact) mass is 511 g/mol. The van der Waals surface area contributed by atoms with Crippen LogP contribution in [0.25, 0.3) is 0 Å². The fourth-order valence-electron chi connectivity index (χ4n) is 3.11. The lowest BCUT2D eigenvalue weighted by Gasteiger charge is -2.31. The van der Waals surface area contributed by atoms with E-state index in [2.05, 4.69) is 26.5 Å². The smallest absolute Gasteiger partial charge is 0.295 e. The number of quaternary nitrogens is 1. The third-order valence-corrected chi connectivity index (χ3v) is 8.00. The van der Waals surface area contributed by atoms with Gasteiger partial charge in [-0.05, 0) is 48.2 Å². The van der Waals surface area contributed by atoms with Gasteiger partial charge in [0.2, 0.25) is 10.0 Å². The highest BCUT2D eigenvalue weighted by atomic mass is 79.9. The van der Waals surface area contributed by atoms with E-state index in [1.54, 1.807) is 42.2 Å². The number of benzene rings is 2. The van der Waals surface area contributed by atoms with Crippen molar-refractivity contribution in [1.29, 1.82) is 0 Å². The average molecular weight is 512 g/mol. The Bertz CT molecular complexity index is 988. The van der Waals surface area contributed by atoms with Crippen LogP contribution in [0.5, 0.6) is 0 Å². The molecule has 30 heavy (non-hydrogen) atoms. The average Bonchev–Trinajstić information content (AvgIpc) is 2.75. The normalized spacial score (nSPS) is 16.1. The molecule has 1 amide bonds. The summed E-state index contributed by atoms with van der Waals surface area (Å²) < 4.78 is 27.8. The van der Waals surface area contributed by atoms with E-state index in [4.69, 9.17) is 0 Å². The Balaban J connectivity index is 1.46. The first-order valence-corrected chi connectivity index (χ1v) is 12.9. The number of carbonyl (C=O) groups is 1. The second-order valence-corrected chi connectivity index (χ2v) is 10.6. The van der Waals surface area contributed by atoms with Gasteiger partial charge in [-0.25, -0.2) is 13.8 Å². The SMILES string of the molecule is CSc1ccc(/C=N\NC(=O)C[NH+]2CCN(S(=O)(=O)c3ccc(Br)cc3)CC2)cc1. The van der Waals surface area contributed by atoms with Crippen molar-refractivity contribution >= 4 is 49.8 Å². The van der Waals surface area contributed by atoms with Gasteiger partial charge in [0, 0.05) is 9.37 Å². The maximum atomic E-state index is 12.7. The third-order valence-electron chi connectivity index (χ3n) is 4.81. The zero-order valence-electron chi connectivity index (χ0n) is 16.5. The second-order valence-electron chi connectivity index (χ2n) is 6.85. The van der Waals surface area contributed by atoms with Gasteiger partial charge in [0.05, 0.1) is 37.3 Å². The van der Waals surface area contributed by atoms with Crippen LogP contribution >= 0.6 is 27.7 Å². The highest BCUT2D eigenvalue weighted by Gasteiger charge is 2.31. The Morgan fingerprint density at radius 3 is 2.40 bits per heavy atom. The summed E-state index contributed by atoms with van der Waals surface area (Å²) in [5.74, 6) is -0.189. The number of rotatable bonds is 7. The van der Waals surface area contributed by atoms with Gasteiger partial charge >= 0.3 is 0 Å². The molecular formula is C20H24BrN4O3S2+. The molecule has 1 heterocycles. The number of halogens is 1. The van der Waals surface area contributed by atoms with E-state index >= 15 is 0 Å². The topological polar surface area (TPSA) is 83.3 Å². The van der Waals surface area contributed by atoms with E-state index < -0.39 is 10.0 Å². The van der Waals surface area contributed by atoms with E-state index in [0.717, 1.165) is 14.9 Å². The number of carbonyl (C=O) groups excluding carboxylic acids is 1. The van der Waals surface area contributed by atoms with Gasteiger partial charge in [0.25, 0.3) is 5.91 Å². The standard InChI is InChI=1S/C20H23BrN4O3S2/c1-29-18-6-2-16(3-7-18)14-22-23-20(26)15-24-10-12-25(13-11-24)30(27,28)19-8-4-17(21)5-9-19/h2-9,14H,10-13,15H2,1H3,(H,23,26)/p+1/b22-14-. The summed E-state index contributed by atoms with van der Waals surface area (Å²) in [5, 5.41) is 4.01. The Kier molecular flexibility index (Phi) is 8.06. The number of hydrogen-bond donors (Lipinski definition) is 2. The molecule has 0 bridgehead atoms. The van der Waals surface area contributed by atoms with Crippen molar-refractivity contribution in [3.63, 3.8) is 0 Å². The minimum Gasteiger partial charge on any atom is -0.325 e. The van der Waals surface area contributed by atoms with Gasteiger partial charge in [-0.3, -0.25) is 4.79 Å². The largest absolute Gasteiger partial charge is 0.325 e. The van der Waals surface area contributed by atoms with Crippen LogP contribution in [0.2, 0.25) is 0 Å². The quantitative estimate of drug-likeness (QED) is 0.332. The molecule has 10 heteroatoms. The lowest BCUT2D eigenvalue weighted by Crippen LogP contribution is -3.15. The molecule has 0 unspecified atom stereocenters. The summed E-state index contributed by atoms with van der Waals surface area (Å²) in [4.78, 5) is 14.6. The first-order valence-electron chi connectivity index (χ1n) is 9.44. The minimum absolute atomic E-state index is 0.189. The summed E-state index contributed by atoms with van der Waals surface area (Å²) in [5.41, 5.74) is 3.46. The lowest BCUT2D eigenvalue weighted by atomic mass is 10.2. The first kappa shape index (κ1) is 23.0. The van der Waals surface area contributed by atoms with Crippen molar-refractivity contribution in [3.05, 3.63) is 58.6 Å². The van der Waals surface area contributed by atoms with E-state index in [9.17, 15) is 13.2 Å². The Labute approximate surface area is 189 Å². The summed E-state index contributed by atoms with van der Waals surface area (Å²) in [7, 11) is -3.51. The van der Waals surface area contributed by atoms with E-state index in [0.29, 0.717) is 26.2 Å². The molecule has 2 aromatic rings. The van der Waals surface area contributed by atoms with Crippen LogP contribution in [-0.2, 0) is 14.8 Å². The molecule has 3 rings (SSSR count). The van der Waals surface area contributed by atoms with Gasteiger partial charge in [0.1, 0.15) is 0 Å². The molecule has 0 radical (unpaired) electrons. The molecule has 160 valence electrons. The summed E-state index contributed by atoms with van der Waals surface area (Å²) in [6, 6.07) is 14.5. The molecule has 0 aliphatic carbocycles. The Morgan fingerprint density at radius 2 is 1.80 bits per heavy atom. The molecule has 1 saturated heterocycles. The van der Waals surface area contributed by atoms with Crippen LogP contribution in [0, 0.1) is 0 Å². The van der Waals surface area contributed by atoms with Gasteiger partial charge in [0.15, 0.2) is 6.54 Å². The molecule has 1 fully saturated rings. The van der Waals surface area contributed by atoms with Crippen molar-refractivity contribution < 1.29 is 18.1 Å². The molecule has 0 atom stereocenters. The molecule has 0 saturated carbocycles. The fraction of sp³-hybridized carbons (Fsp3) is 0.300. The molecule has 1 aliphatic rings. The minimum atomic E-state index is -3.51. The second kappa shape index (κ2) is 10.5. The van der Waals surface area contributed by atoms with E-state index in [1.165, 1.54) is 9.20 Å². The van der Waals surface area contributed by atoms with E-state index in [1.807, 2.05) is 30.5 Å². The van der Waals surface area contributed by atoms with Crippen LogP contribution < -0.4 is 10.3 Å². The summed E-state index contributed by atoms with van der Waals surface area (Å²) >= 11 is 4.98. The summed E-state index contributed by atoms with van der Waals surface area (Å²) in [6.07, 6.45) is 3.63. The fourth-order valence-corrected chi connectivity index (χ4v) is 5.22. The van der Waals surface area contributed by atoms with Crippen LogP contribution in [0.3, 0.4) is 0 Å². The number of sulfonamides is 1. The van der Waals surface area contributed by atoms with Gasteiger partial charge in [-0.1, -0.05) is 28.1 Å². The van der Waals surface area contributed by atoms with Crippen molar-refractivity contribution in [2.24, 2.45) is 5.10 Å².